The summed E-state index contributed by atoms with van der Waals surface area (Å²) < 4.78 is 13.7. The second-order valence-corrected chi connectivity index (χ2v) is 8.25. The molecule has 0 unspecified atom stereocenters. The lowest BCUT2D eigenvalue weighted by Gasteiger charge is -2.35. The third kappa shape index (κ3) is 4.45. The molecule has 0 saturated carbocycles. The fraction of sp³-hybridized carbons (Fsp3) is 0.200. The van der Waals surface area contributed by atoms with Gasteiger partial charge in [0.15, 0.2) is 5.82 Å². The molecular formula is C25H24FN7O. The molecule has 0 radical (unpaired) electrons. The summed E-state index contributed by atoms with van der Waals surface area (Å²) in [5, 5.41) is 2.96. The maximum atomic E-state index is 13.7. The zero-order chi connectivity index (χ0) is 23.7. The summed E-state index contributed by atoms with van der Waals surface area (Å²) in [5.74, 6) is 0.440. The van der Waals surface area contributed by atoms with E-state index < -0.39 is 0 Å². The van der Waals surface area contributed by atoms with E-state index in [1.807, 2.05) is 37.3 Å². The largest absolute Gasteiger partial charge is 0.368 e. The second kappa shape index (κ2) is 8.93. The molecule has 4 aromatic rings. The van der Waals surface area contributed by atoms with Crippen molar-refractivity contribution < 1.29 is 9.18 Å². The van der Waals surface area contributed by atoms with E-state index >= 15 is 0 Å². The Balaban J connectivity index is 1.37. The number of pyridine rings is 1. The summed E-state index contributed by atoms with van der Waals surface area (Å²) >= 11 is 0. The van der Waals surface area contributed by atoms with Crippen LogP contribution < -0.4 is 16.0 Å². The number of hydrogen-bond acceptors (Lipinski definition) is 6. The van der Waals surface area contributed by atoms with Gasteiger partial charge in [-0.3, -0.25) is 0 Å². The van der Waals surface area contributed by atoms with Crippen LogP contribution >= 0.6 is 0 Å². The summed E-state index contributed by atoms with van der Waals surface area (Å²) in [6, 6.07) is 17.5. The van der Waals surface area contributed by atoms with E-state index in [2.05, 4.69) is 20.2 Å². The first kappa shape index (κ1) is 21.6. The third-order valence-corrected chi connectivity index (χ3v) is 5.80. The quantitative estimate of drug-likeness (QED) is 0.481. The molecule has 3 N–H and O–H groups in total. The standard InChI is InChI=1S/C25H24FN7O/c1-16-4-2-7-19(14-16)28-25(34)33-12-10-32(11-13-33)23-22-21(30-24(27)31-23)9-8-20(29-22)17-5-3-6-18(26)15-17/h2-9,14-15H,10-13H2,1H3,(H,28,34)(H2,27,30,31). The number of benzene rings is 2. The van der Waals surface area contributed by atoms with Crippen molar-refractivity contribution in [2.24, 2.45) is 0 Å². The zero-order valence-electron chi connectivity index (χ0n) is 18.7. The van der Waals surface area contributed by atoms with Gasteiger partial charge >= 0.3 is 6.03 Å². The molecule has 5 rings (SSSR count). The van der Waals surface area contributed by atoms with E-state index in [4.69, 9.17) is 10.7 Å². The van der Waals surface area contributed by atoms with Gasteiger partial charge in [-0.05, 0) is 48.9 Å². The van der Waals surface area contributed by atoms with Crippen molar-refractivity contribution >= 4 is 34.5 Å². The smallest absolute Gasteiger partial charge is 0.321 e. The van der Waals surface area contributed by atoms with E-state index in [-0.39, 0.29) is 17.8 Å². The molecule has 0 bridgehead atoms. The SMILES string of the molecule is Cc1cccc(NC(=O)N2CCN(c3nc(N)nc4ccc(-c5cccc(F)c5)nc34)CC2)c1. The zero-order valence-corrected chi connectivity index (χ0v) is 18.7. The van der Waals surface area contributed by atoms with E-state index in [0.29, 0.717) is 54.3 Å². The number of urea groups is 1. The lowest BCUT2D eigenvalue weighted by atomic mass is 10.1. The van der Waals surface area contributed by atoms with Gasteiger partial charge in [-0.1, -0.05) is 24.3 Å². The number of halogens is 1. The summed E-state index contributed by atoms with van der Waals surface area (Å²) in [5.41, 5.74) is 10.3. The van der Waals surface area contributed by atoms with Crippen molar-refractivity contribution in [3.8, 4) is 11.3 Å². The van der Waals surface area contributed by atoms with Crippen LogP contribution in [0.3, 0.4) is 0 Å². The summed E-state index contributed by atoms with van der Waals surface area (Å²) in [6.07, 6.45) is 0. The maximum absolute atomic E-state index is 13.7. The highest BCUT2D eigenvalue weighted by Crippen LogP contribution is 2.28. The van der Waals surface area contributed by atoms with Crippen LogP contribution in [-0.4, -0.2) is 52.1 Å². The van der Waals surface area contributed by atoms with Crippen LogP contribution in [0.5, 0.6) is 0 Å². The van der Waals surface area contributed by atoms with Crippen LogP contribution in [-0.2, 0) is 0 Å². The molecule has 0 aliphatic carbocycles. The van der Waals surface area contributed by atoms with Crippen molar-refractivity contribution in [3.05, 3.63) is 72.0 Å². The van der Waals surface area contributed by atoms with Crippen LogP contribution in [0.1, 0.15) is 5.56 Å². The van der Waals surface area contributed by atoms with Crippen molar-refractivity contribution in [2.45, 2.75) is 6.92 Å². The molecule has 1 aliphatic rings. The van der Waals surface area contributed by atoms with Gasteiger partial charge in [0.25, 0.3) is 0 Å². The summed E-state index contributed by atoms with van der Waals surface area (Å²) in [6.45, 7) is 4.16. The average Bonchev–Trinajstić information content (AvgIpc) is 2.83. The molecule has 2 aromatic carbocycles. The highest BCUT2D eigenvalue weighted by molar-refractivity contribution is 5.90. The number of nitrogens with zero attached hydrogens (tertiary/aromatic N) is 5. The van der Waals surface area contributed by atoms with E-state index in [1.54, 1.807) is 23.1 Å². The van der Waals surface area contributed by atoms with Gasteiger partial charge in [0, 0.05) is 37.4 Å². The maximum Gasteiger partial charge on any atom is 0.321 e. The molecule has 0 spiro atoms. The highest BCUT2D eigenvalue weighted by Gasteiger charge is 2.24. The van der Waals surface area contributed by atoms with Crippen molar-refractivity contribution in [2.75, 3.05) is 42.1 Å². The molecule has 172 valence electrons. The number of nitrogens with two attached hydrogens (primary N) is 1. The predicted octanol–water partition coefficient (Wildman–Crippen LogP) is 4.08. The fourth-order valence-electron chi connectivity index (χ4n) is 4.09. The predicted molar refractivity (Wildman–Crippen MR) is 131 cm³/mol. The molecule has 8 nitrogen and oxygen atoms in total. The van der Waals surface area contributed by atoms with Gasteiger partial charge in [-0.2, -0.15) is 4.98 Å². The number of carbonyl (C=O) groups is 1. The number of nitrogen functional groups attached to an aromatic ring is 1. The van der Waals surface area contributed by atoms with Gasteiger partial charge in [-0.15, -0.1) is 0 Å². The molecule has 2 amide bonds. The number of carbonyl (C=O) groups excluding carboxylic acids is 1. The van der Waals surface area contributed by atoms with Crippen LogP contribution in [0.4, 0.5) is 26.6 Å². The Kier molecular flexibility index (Phi) is 5.67. The van der Waals surface area contributed by atoms with Crippen LogP contribution in [0, 0.1) is 12.7 Å². The Morgan fingerprint density at radius 2 is 1.76 bits per heavy atom. The summed E-state index contributed by atoms with van der Waals surface area (Å²) in [4.78, 5) is 30.1. The minimum atomic E-state index is -0.326. The molecule has 34 heavy (non-hydrogen) atoms. The number of piperazine rings is 1. The van der Waals surface area contributed by atoms with E-state index in [0.717, 1.165) is 11.3 Å². The minimum absolute atomic E-state index is 0.135. The van der Waals surface area contributed by atoms with Gasteiger partial charge in [0.1, 0.15) is 11.3 Å². The Morgan fingerprint density at radius 1 is 0.971 bits per heavy atom. The average molecular weight is 458 g/mol. The first-order valence-electron chi connectivity index (χ1n) is 11.0. The lowest BCUT2D eigenvalue weighted by molar-refractivity contribution is 0.208. The molecule has 2 aromatic heterocycles. The van der Waals surface area contributed by atoms with Crippen molar-refractivity contribution in [1.29, 1.82) is 0 Å². The van der Waals surface area contributed by atoms with Gasteiger partial charge in [-0.25, -0.2) is 19.2 Å². The highest BCUT2D eigenvalue weighted by atomic mass is 19.1. The first-order valence-corrected chi connectivity index (χ1v) is 11.0. The Hall–Kier alpha value is -4.27. The van der Waals surface area contributed by atoms with Crippen molar-refractivity contribution in [3.63, 3.8) is 0 Å². The third-order valence-electron chi connectivity index (χ3n) is 5.80. The number of aromatic nitrogens is 3. The van der Waals surface area contributed by atoms with Crippen LogP contribution in [0.25, 0.3) is 22.3 Å². The monoisotopic (exact) mass is 457 g/mol. The Morgan fingerprint density at radius 3 is 2.53 bits per heavy atom. The Labute approximate surface area is 196 Å². The van der Waals surface area contributed by atoms with E-state index in [1.165, 1.54) is 12.1 Å². The number of anilines is 3. The van der Waals surface area contributed by atoms with Gasteiger partial charge in [0.2, 0.25) is 5.95 Å². The topological polar surface area (TPSA) is 100 Å². The molecule has 9 heteroatoms. The minimum Gasteiger partial charge on any atom is -0.368 e. The molecular weight excluding hydrogens is 433 g/mol. The van der Waals surface area contributed by atoms with E-state index in [9.17, 15) is 9.18 Å². The second-order valence-electron chi connectivity index (χ2n) is 8.25. The first-order chi connectivity index (χ1) is 16.5. The molecule has 1 aliphatic heterocycles. The lowest BCUT2D eigenvalue weighted by Crippen LogP contribution is -2.50. The number of fused-ring (bicyclic) bond motifs is 1. The van der Waals surface area contributed by atoms with Crippen molar-refractivity contribution in [1.82, 2.24) is 19.9 Å². The van der Waals surface area contributed by atoms with Gasteiger partial charge in [0.05, 0.1) is 11.2 Å². The fourth-order valence-corrected chi connectivity index (χ4v) is 4.09. The van der Waals surface area contributed by atoms with Crippen LogP contribution in [0.2, 0.25) is 0 Å². The summed E-state index contributed by atoms with van der Waals surface area (Å²) in [7, 11) is 0. The number of aryl methyl sites for hydroxylation is 1. The number of hydrogen-bond donors (Lipinski definition) is 2. The normalized spacial score (nSPS) is 13.8. The number of amides is 2. The van der Waals surface area contributed by atoms with Gasteiger partial charge < -0.3 is 20.9 Å². The molecule has 0 atom stereocenters. The Bertz CT molecular complexity index is 1370. The molecule has 1 fully saturated rings. The number of rotatable bonds is 3. The van der Waals surface area contributed by atoms with Crippen LogP contribution in [0.15, 0.2) is 60.7 Å². The molecule has 1 saturated heterocycles. The molecule has 3 heterocycles. The number of nitrogens with one attached hydrogen (secondary N) is 1.